The van der Waals surface area contributed by atoms with E-state index in [1.54, 1.807) is 0 Å². The summed E-state index contributed by atoms with van der Waals surface area (Å²) in [5.41, 5.74) is 0.853. The van der Waals surface area contributed by atoms with Gasteiger partial charge in [-0.15, -0.1) is 0 Å². The number of carboxylic acid groups (broad SMARTS) is 1. The Morgan fingerprint density at radius 1 is 1.04 bits per heavy atom. The molecule has 0 saturated heterocycles. The van der Waals surface area contributed by atoms with Gasteiger partial charge in [0, 0.05) is 5.97 Å². The van der Waals surface area contributed by atoms with Gasteiger partial charge in [0.15, 0.2) is 0 Å². The van der Waals surface area contributed by atoms with Gasteiger partial charge in [0.2, 0.25) is 0 Å². The summed E-state index contributed by atoms with van der Waals surface area (Å²) >= 11 is 0. The van der Waals surface area contributed by atoms with Gasteiger partial charge in [0.05, 0.1) is 6.10 Å². The molecular formula is C24H39NaO3. The second-order valence-corrected chi connectivity index (χ2v) is 11.2. The minimum atomic E-state index is -0.893. The van der Waals surface area contributed by atoms with Crippen LogP contribution in [0.1, 0.15) is 91.4 Å². The Morgan fingerprint density at radius 3 is 2.43 bits per heavy atom. The molecule has 0 aliphatic heterocycles. The van der Waals surface area contributed by atoms with Crippen LogP contribution in [0.5, 0.6) is 0 Å². The molecule has 0 spiro atoms. The molecule has 0 aromatic heterocycles. The summed E-state index contributed by atoms with van der Waals surface area (Å²) in [5.74, 6) is 3.55. The molecule has 9 atom stereocenters. The van der Waals surface area contributed by atoms with E-state index in [2.05, 4.69) is 20.8 Å². The number of carboxylic acids is 1. The molecule has 0 amide bonds. The molecule has 0 radical (unpaired) electrons. The van der Waals surface area contributed by atoms with E-state index in [1.807, 2.05) is 0 Å². The molecule has 0 heterocycles. The van der Waals surface area contributed by atoms with Crippen LogP contribution >= 0.6 is 0 Å². The summed E-state index contributed by atoms with van der Waals surface area (Å²) in [7, 11) is 0. The van der Waals surface area contributed by atoms with Crippen LogP contribution in [0.2, 0.25) is 0 Å². The molecule has 4 fully saturated rings. The summed E-state index contributed by atoms with van der Waals surface area (Å²) in [6, 6.07) is 0. The zero-order valence-corrected chi connectivity index (χ0v) is 20.6. The van der Waals surface area contributed by atoms with Gasteiger partial charge in [0.1, 0.15) is 0 Å². The number of hydrogen-bond acceptors (Lipinski definition) is 3. The predicted molar refractivity (Wildman–Crippen MR) is 105 cm³/mol. The van der Waals surface area contributed by atoms with Gasteiger partial charge in [-0.3, -0.25) is 0 Å². The van der Waals surface area contributed by atoms with Crippen molar-refractivity contribution in [3.05, 3.63) is 0 Å². The Bertz CT molecular complexity index is 580. The number of rotatable bonds is 4. The first-order valence-corrected chi connectivity index (χ1v) is 11.6. The zero-order valence-electron chi connectivity index (χ0n) is 18.6. The third-order valence-corrected chi connectivity index (χ3v) is 10.2. The summed E-state index contributed by atoms with van der Waals surface area (Å²) in [5, 5.41) is 21.1. The van der Waals surface area contributed by atoms with Gasteiger partial charge >= 0.3 is 29.6 Å². The number of fused-ring (bicyclic) bond motifs is 5. The molecule has 0 aromatic rings. The van der Waals surface area contributed by atoms with Gasteiger partial charge < -0.3 is 15.0 Å². The molecular weight excluding hydrogens is 359 g/mol. The maximum atomic E-state index is 10.9. The molecule has 1 N–H and O–H groups in total. The van der Waals surface area contributed by atoms with Crippen molar-refractivity contribution < 1.29 is 44.6 Å². The fourth-order valence-corrected chi connectivity index (χ4v) is 8.76. The molecule has 4 rings (SSSR count). The van der Waals surface area contributed by atoms with E-state index in [0.29, 0.717) is 22.7 Å². The van der Waals surface area contributed by atoms with Crippen molar-refractivity contribution in [2.75, 3.05) is 0 Å². The van der Waals surface area contributed by atoms with Gasteiger partial charge in [0.25, 0.3) is 0 Å². The van der Waals surface area contributed by atoms with Gasteiger partial charge in [-0.05, 0) is 117 Å². The normalized spacial score (nSPS) is 48.6. The first kappa shape index (κ1) is 23.1. The number of aliphatic hydroxyl groups excluding tert-OH is 1. The number of hydrogen-bond donors (Lipinski definition) is 1. The fraction of sp³-hybridized carbons (Fsp3) is 0.958. The molecule has 4 heteroatoms. The van der Waals surface area contributed by atoms with E-state index >= 15 is 0 Å². The minimum absolute atomic E-state index is 0. The maximum absolute atomic E-state index is 10.9. The quantitative estimate of drug-likeness (QED) is 0.724. The summed E-state index contributed by atoms with van der Waals surface area (Å²) in [4.78, 5) is 10.9. The maximum Gasteiger partial charge on any atom is 1.00 e. The Morgan fingerprint density at radius 2 is 1.71 bits per heavy atom. The van der Waals surface area contributed by atoms with Crippen molar-refractivity contribution in [2.45, 2.75) is 97.5 Å². The summed E-state index contributed by atoms with van der Waals surface area (Å²) in [6.07, 6.45) is 12.2. The van der Waals surface area contributed by atoms with E-state index in [-0.39, 0.29) is 42.1 Å². The topological polar surface area (TPSA) is 60.4 Å². The van der Waals surface area contributed by atoms with E-state index in [1.165, 1.54) is 44.9 Å². The van der Waals surface area contributed by atoms with Crippen LogP contribution in [0.15, 0.2) is 0 Å². The molecule has 28 heavy (non-hydrogen) atoms. The van der Waals surface area contributed by atoms with Gasteiger partial charge in [-0.25, -0.2) is 0 Å². The van der Waals surface area contributed by atoms with Crippen molar-refractivity contribution in [1.82, 2.24) is 0 Å². The molecule has 0 aromatic carbocycles. The van der Waals surface area contributed by atoms with Crippen molar-refractivity contribution in [3.8, 4) is 0 Å². The molecule has 4 aliphatic carbocycles. The fourth-order valence-electron chi connectivity index (χ4n) is 8.76. The van der Waals surface area contributed by atoms with Crippen molar-refractivity contribution in [1.29, 1.82) is 0 Å². The van der Waals surface area contributed by atoms with E-state index in [4.69, 9.17) is 0 Å². The van der Waals surface area contributed by atoms with E-state index in [9.17, 15) is 15.0 Å². The van der Waals surface area contributed by atoms with E-state index < -0.39 is 5.97 Å². The Balaban J connectivity index is 0.00000225. The van der Waals surface area contributed by atoms with Crippen LogP contribution in [-0.4, -0.2) is 17.2 Å². The van der Waals surface area contributed by atoms with Gasteiger partial charge in [-0.2, -0.15) is 0 Å². The Labute approximate surface area is 193 Å². The first-order chi connectivity index (χ1) is 12.8. The average molecular weight is 399 g/mol. The standard InChI is InChI=1S/C24H40O3.Na/c1-15(4-9-22(26)27)19-7-8-20-18-6-5-16-14-17(25)10-12-23(16,2)21(18)11-13-24(19,20)3;/h15-21,25H,4-14H2,1-3H3,(H,26,27);/q;+1/p-1/t15-,16-,17-,18+,19-,20+,21?,23+,24-;/m1./s1. The summed E-state index contributed by atoms with van der Waals surface area (Å²) in [6.45, 7) is 7.38. The van der Waals surface area contributed by atoms with Crippen LogP contribution in [0.25, 0.3) is 0 Å². The zero-order chi connectivity index (χ0) is 19.4. The largest absolute Gasteiger partial charge is 1.00 e. The monoisotopic (exact) mass is 398 g/mol. The van der Waals surface area contributed by atoms with E-state index in [0.717, 1.165) is 42.9 Å². The molecule has 3 nitrogen and oxygen atoms in total. The van der Waals surface area contributed by atoms with Crippen LogP contribution in [-0.2, 0) is 4.79 Å². The molecule has 154 valence electrons. The van der Waals surface area contributed by atoms with Crippen LogP contribution in [0, 0.1) is 46.3 Å². The number of carbonyl (C=O) groups is 1. The third kappa shape index (κ3) is 3.76. The van der Waals surface area contributed by atoms with Crippen molar-refractivity contribution >= 4 is 5.97 Å². The van der Waals surface area contributed by atoms with Crippen LogP contribution in [0.3, 0.4) is 0 Å². The third-order valence-electron chi connectivity index (χ3n) is 10.2. The first-order valence-electron chi connectivity index (χ1n) is 11.6. The van der Waals surface area contributed by atoms with Crippen molar-refractivity contribution in [3.63, 3.8) is 0 Å². The second-order valence-electron chi connectivity index (χ2n) is 11.2. The molecule has 4 aliphatic rings. The molecule has 1 unspecified atom stereocenters. The van der Waals surface area contributed by atoms with Gasteiger partial charge in [-0.1, -0.05) is 20.8 Å². The molecule has 4 saturated carbocycles. The second kappa shape index (κ2) is 8.52. The number of carbonyl (C=O) groups excluding carboxylic acids is 1. The Hall–Kier alpha value is 0.430. The number of aliphatic carboxylic acids is 1. The minimum Gasteiger partial charge on any atom is -0.550 e. The van der Waals surface area contributed by atoms with Crippen molar-refractivity contribution in [2.24, 2.45) is 46.3 Å². The summed E-state index contributed by atoms with van der Waals surface area (Å²) < 4.78 is 0. The van der Waals surface area contributed by atoms with Crippen LogP contribution < -0.4 is 34.7 Å². The van der Waals surface area contributed by atoms with Crippen LogP contribution in [0.4, 0.5) is 0 Å². The average Bonchev–Trinajstić information content (AvgIpc) is 2.97. The number of aliphatic hydroxyl groups is 1. The smallest absolute Gasteiger partial charge is 0.550 e. The Kier molecular flexibility index (Phi) is 7.03. The molecule has 0 bridgehead atoms. The SMILES string of the molecule is C[C@H](CCC(=O)[O-])[C@H]1CC[C@H]2[C@@H]3CC[C@@H]4C[C@H](O)CC[C@]4(C)C3CC[C@]12C.[Na+]. The predicted octanol–water partition coefficient (Wildman–Crippen LogP) is 1.18.